The van der Waals surface area contributed by atoms with Crippen molar-refractivity contribution in [2.45, 2.75) is 12.1 Å². The topological polar surface area (TPSA) is 74.1 Å². The number of fused-ring (bicyclic) bond motifs is 3. The summed E-state index contributed by atoms with van der Waals surface area (Å²) in [4.78, 5) is 0. The quantitative estimate of drug-likeness (QED) is 0.523. The molecule has 7 nitrogen and oxygen atoms in total. The molecule has 158 valence electrons. The van der Waals surface area contributed by atoms with Gasteiger partial charge in [0.25, 0.3) is 0 Å². The second kappa shape index (κ2) is 7.19. The smallest absolute Gasteiger partial charge is 0.248 e. The lowest BCUT2D eigenvalue weighted by Gasteiger charge is -2.38. The molecule has 2 unspecified atom stereocenters. The van der Waals surface area contributed by atoms with E-state index >= 15 is 0 Å². The van der Waals surface area contributed by atoms with Crippen molar-refractivity contribution in [1.29, 1.82) is 0 Å². The van der Waals surface area contributed by atoms with Gasteiger partial charge in [0.2, 0.25) is 5.95 Å². The second-order valence-corrected chi connectivity index (χ2v) is 7.59. The molecule has 0 bridgehead atoms. The molecule has 0 amide bonds. The van der Waals surface area contributed by atoms with Crippen molar-refractivity contribution >= 4 is 11.6 Å². The number of nitrogens with zero attached hydrogens (tertiary/aromatic N) is 4. The molecule has 3 aromatic carbocycles. The number of benzene rings is 3. The number of anilines is 1. The van der Waals surface area contributed by atoms with E-state index in [2.05, 4.69) is 20.8 Å². The minimum Gasteiger partial charge on any atom is -0.497 e. The Bertz CT molecular complexity index is 1350. The van der Waals surface area contributed by atoms with Crippen LogP contribution in [0.25, 0.3) is 5.70 Å². The van der Waals surface area contributed by atoms with Gasteiger partial charge < -0.3 is 14.8 Å². The maximum Gasteiger partial charge on any atom is 0.248 e. The lowest BCUT2D eigenvalue weighted by molar-refractivity contribution is 0.217. The van der Waals surface area contributed by atoms with Crippen molar-refractivity contribution in [3.8, 4) is 11.5 Å². The first-order chi connectivity index (χ1) is 15.7. The lowest BCUT2D eigenvalue weighted by atomic mass is 9.84. The van der Waals surface area contributed by atoms with Crippen LogP contribution in [0.2, 0.25) is 0 Å². The minimum absolute atomic E-state index is 0.334. The number of tetrazole rings is 1. The van der Waals surface area contributed by atoms with Gasteiger partial charge in [-0.25, -0.2) is 4.39 Å². The van der Waals surface area contributed by atoms with Gasteiger partial charge in [0.15, 0.2) is 6.10 Å². The van der Waals surface area contributed by atoms with E-state index in [0.29, 0.717) is 17.3 Å². The molecule has 8 heteroatoms. The third-order valence-electron chi connectivity index (χ3n) is 5.86. The Morgan fingerprint density at radius 1 is 1.00 bits per heavy atom. The lowest BCUT2D eigenvalue weighted by Crippen LogP contribution is -2.32. The summed E-state index contributed by atoms with van der Waals surface area (Å²) in [6, 6.07) is 21.7. The van der Waals surface area contributed by atoms with E-state index in [1.54, 1.807) is 23.9 Å². The van der Waals surface area contributed by atoms with E-state index < -0.39 is 12.1 Å². The highest BCUT2D eigenvalue weighted by atomic mass is 19.1. The highest BCUT2D eigenvalue weighted by Crippen LogP contribution is 2.50. The van der Waals surface area contributed by atoms with E-state index in [-0.39, 0.29) is 5.82 Å². The van der Waals surface area contributed by atoms with Crippen LogP contribution in [-0.2, 0) is 0 Å². The zero-order chi connectivity index (χ0) is 21.7. The molecule has 0 fully saturated rings. The Labute approximate surface area is 183 Å². The van der Waals surface area contributed by atoms with Gasteiger partial charge in [-0.05, 0) is 46.3 Å². The SMILES string of the molecule is COc1ccc(C2C3=C(Nc4nnnn42)c2ccccc2OC3c2ccccc2F)cc1. The van der Waals surface area contributed by atoms with E-state index in [4.69, 9.17) is 9.47 Å². The Morgan fingerprint density at radius 2 is 1.78 bits per heavy atom. The summed E-state index contributed by atoms with van der Waals surface area (Å²) in [5, 5.41) is 15.6. The molecule has 2 aliphatic heterocycles. The largest absolute Gasteiger partial charge is 0.497 e. The summed E-state index contributed by atoms with van der Waals surface area (Å²) in [5.74, 6) is 1.58. The predicted octanol–water partition coefficient (Wildman–Crippen LogP) is 4.38. The minimum atomic E-state index is -0.668. The maximum absolute atomic E-state index is 15.0. The number of aromatic nitrogens is 4. The molecule has 0 aliphatic carbocycles. The van der Waals surface area contributed by atoms with Crippen LogP contribution < -0.4 is 14.8 Å². The Hall–Kier alpha value is -4.20. The summed E-state index contributed by atoms with van der Waals surface area (Å²) in [7, 11) is 1.62. The number of nitrogens with one attached hydrogen (secondary N) is 1. The molecule has 3 heterocycles. The molecule has 2 aliphatic rings. The van der Waals surface area contributed by atoms with Crippen LogP contribution >= 0.6 is 0 Å². The molecule has 0 radical (unpaired) electrons. The van der Waals surface area contributed by atoms with Crippen LogP contribution in [0.5, 0.6) is 11.5 Å². The van der Waals surface area contributed by atoms with Gasteiger partial charge >= 0.3 is 0 Å². The van der Waals surface area contributed by atoms with Crippen molar-refractivity contribution in [3.63, 3.8) is 0 Å². The van der Waals surface area contributed by atoms with Gasteiger partial charge in [0.1, 0.15) is 23.4 Å². The molecule has 6 rings (SSSR count). The van der Waals surface area contributed by atoms with Crippen molar-refractivity contribution in [2.24, 2.45) is 0 Å². The van der Waals surface area contributed by atoms with Gasteiger partial charge in [-0.2, -0.15) is 4.68 Å². The van der Waals surface area contributed by atoms with Crippen LogP contribution in [0.1, 0.15) is 28.8 Å². The van der Waals surface area contributed by atoms with Crippen molar-refractivity contribution in [3.05, 3.63) is 101 Å². The molecular formula is C24H18FN5O2. The maximum atomic E-state index is 15.0. The van der Waals surface area contributed by atoms with Gasteiger partial charge in [-0.15, -0.1) is 0 Å². The first kappa shape index (κ1) is 18.6. The summed E-state index contributed by atoms with van der Waals surface area (Å²) >= 11 is 0. The van der Waals surface area contributed by atoms with Crippen molar-refractivity contribution in [2.75, 3.05) is 12.4 Å². The molecule has 4 aromatic rings. The Balaban J connectivity index is 1.62. The van der Waals surface area contributed by atoms with E-state index in [1.165, 1.54) is 6.07 Å². The van der Waals surface area contributed by atoms with Crippen molar-refractivity contribution < 1.29 is 13.9 Å². The normalized spacial score (nSPS) is 18.7. The molecule has 2 atom stereocenters. The van der Waals surface area contributed by atoms with Gasteiger partial charge in [-0.1, -0.05) is 47.6 Å². The van der Waals surface area contributed by atoms with E-state index in [9.17, 15) is 4.39 Å². The number of halogens is 1. The summed E-state index contributed by atoms with van der Waals surface area (Å²) in [6.45, 7) is 0. The van der Waals surface area contributed by atoms with Crippen LogP contribution in [-0.4, -0.2) is 27.3 Å². The van der Waals surface area contributed by atoms with Crippen LogP contribution in [0.3, 0.4) is 0 Å². The first-order valence-corrected chi connectivity index (χ1v) is 10.2. The molecule has 0 saturated carbocycles. The zero-order valence-electron chi connectivity index (χ0n) is 17.1. The fraction of sp³-hybridized carbons (Fsp3) is 0.125. The van der Waals surface area contributed by atoms with Gasteiger partial charge in [0.05, 0.1) is 12.8 Å². The third-order valence-corrected chi connectivity index (χ3v) is 5.86. The Kier molecular flexibility index (Phi) is 4.17. The molecule has 32 heavy (non-hydrogen) atoms. The fourth-order valence-electron chi connectivity index (χ4n) is 4.39. The number of methoxy groups -OCH3 is 1. The molecule has 1 N–H and O–H groups in total. The number of ether oxygens (including phenoxy) is 2. The van der Waals surface area contributed by atoms with Crippen molar-refractivity contribution in [1.82, 2.24) is 20.2 Å². The van der Waals surface area contributed by atoms with Crippen LogP contribution in [0, 0.1) is 5.82 Å². The third kappa shape index (κ3) is 2.76. The molecule has 0 saturated heterocycles. The van der Waals surface area contributed by atoms with Gasteiger partial charge in [0, 0.05) is 16.7 Å². The van der Waals surface area contributed by atoms with Gasteiger partial charge in [-0.3, -0.25) is 0 Å². The average molecular weight is 427 g/mol. The predicted molar refractivity (Wildman–Crippen MR) is 116 cm³/mol. The highest BCUT2D eigenvalue weighted by molar-refractivity contribution is 5.85. The summed E-state index contributed by atoms with van der Waals surface area (Å²) in [5.41, 5.74) is 3.91. The molecule has 0 spiro atoms. The zero-order valence-corrected chi connectivity index (χ0v) is 17.1. The van der Waals surface area contributed by atoms with Crippen LogP contribution in [0.4, 0.5) is 10.3 Å². The molecule has 1 aromatic heterocycles. The van der Waals surface area contributed by atoms with E-state index in [0.717, 1.165) is 28.1 Å². The van der Waals surface area contributed by atoms with E-state index in [1.807, 2.05) is 54.6 Å². The summed E-state index contributed by atoms with van der Waals surface area (Å²) in [6.07, 6.45) is -0.668. The highest BCUT2D eigenvalue weighted by Gasteiger charge is 2.42. The Morgan fingerprint density at radius 3 is 2.59 bits per heavy atom. The fourth-order valence-corrected chi connectivity index (χ4v) is 4.39. The number of rotatable bonds is 3. The number of para-hydroxylation sites is 1. The molecular weight excluding hydrogens is 409 g/mol. The number of hydrogen-bond donors (Lipinski definition) is 1. The average Bonchev–Trinajstić information content (AvgIpc) is 3.31. The van der Waals surface area contributed by atoms with Crippen LogP contribution in [0.15, 0.2) is 78.4 Å². The monoisotopic (exact) mass is 427 g/mol. The first-order valence-electron chi connectivity index (χ1n) is 10.2. The number of hydrogen-bond acceptors (Lipinski definition) is 6. The summed E-state index contributed by atoms with van der Waals surface area (Å²) < 4.78 is 28.4. The second-order valence-electron chi connectivity index (χ2n) is 7.59. The standard InChI is InChI=1S/C24H18FN5O2/c1-31-15-12-10-14(11-13-15)22-20-21(26-24-27-28-29-30(22)24)17-7-3-5-9-19(17)32-23(20)16-6-2-4-8-18(16)25/h2-13,22-23H,1H3,(H,26,27,29).